The van der Waals surface area contributed by atoms with Crippen molar-refractivity contribution in [3.8, 4) is 0 Å². The molecule has 3 aromatic rings. The Morgan fingerprint density at radius 2 is 1.88 bits per heavy atom. The van der Waals surface area contributed by atoms with Gasteiger partial charge in [0.15, 0.2) is 5.76 Å². The van der Waals surface area contributed by atoms with E-state index in [4.69, 9.17) is 16.0 Å². The molecule has 0 bridgehead atoms. The number of rotatable bonds is 4. The third-order valence-electron chi connectivity index (χ3n) is 3.54. The summed E-state index contributed by atoms with van der Waals surface area (Å²) in [5.41, 5.74) is 0.988. The Labute approximate surface area is 148 Å². The number of halogens is 2. The van der Waals surface area contributed by atoms with Gasteiger partial charge in [0.2, 0.25) is 5.91 Å². The smallest absolute Gasteiger partial charge is 0.289 e. The normalized spacial score (nSPS) is 10.7. The Balaban J connectivity index is 1.66. The van der Waals surface area contributed by atoms with Crippen molar-refractivity contribution in [1.82, 2.24) is 4.90 Å². The van der Waals surface area contributed by atoms with Gasteiger partial charge in [-0.1, -0.05) is 11.6 Å². The van der Waals surface area contributed by atoms with Crippen LogP contribution in [-0.4, -0.2) is 30.3 Å². The van der Waals surface area contributed by atoms with Crippen LogP contribution in [0.4, 0.5) is 10.1 Å². The molecule has 0 fully saturated rings. The maximum atomic E-state index is 12.9. The van der Waals surface area contributed by atoms with Gasteiger partial charge in [-0.3, -0.25) is 9.59 Å². The quantitative estimate of drug-likeness (QED) is 0.766. The van der Waals surface area contributed by atoms with Gasteiger partial charge in [-0.25, -0.2) is 4.39 Å². The molecule has 7 heteroatoms. The van der Waals surface area contributed by atoms with Crippen LogP contribution in [0.25, 0.3) is 11.0 Å². The number of anilines is 1. The largest absolute Gasteiger partial charge is 0.451 e. The van der Waals surface area contributed by atoms with Crippen molar-refractivity contribution >= 4 is 40.1 Å². The molecule has 25 heavy (non-hydrogen) atoms. The zero-order valence-corrected chi connectivity index (χ0v) is 14.0. The summed E-state index contributed by atoms with van der Waals surface area (Å²) in [6, 6.07) is 12.0. The highest BCUT2D eigenvalue weighted by atomic mass is 35.5. The van der Waals surface area contributed by atoms with Gasteiger partial charge in [0.1, 0.15) is 11.4 Å². The van der Waals surface area contributed by atoms with Crippen LogP contribution in [0, 0.1) is 5.82 Å². The Hall–Kier alpha value is -2.86. The van der Waals surface area contributed by atoms with Crippen molar-refractivity contribution in [1.29, 1.82) is 0 Å². The first-order chi connectivity index (χ1) is 11.9. The lowest BCUT2D eigenvalue weighted by atomic mass is 10.2. The van der Waals surface area contributed by atoms with Gasteiger partial charge in [0.25, 0.3) is 5.91 Å². The van der Waals surface area contributed by atoms with Gasteiger partial charge in [0, 0.05) is 23.1 Å². The van der Waals surface area contributed by atoms with Gasteiger partial charge in [-0.2, -0.15) is 0 Å². The molecule has 1 aromatic heterocycles. The van der Waals surface area contributed by atoms with Crippen LogP contribution < -0.4 is 5.32 Å². The van der Waals surface area contributed by atoms with E-state index in [0.29, 0.717) is 21.7 Å². The minimum Gasteiger partial charge on any atom is -0.451 e. The molecule has 128 valence electrons. The highest BCUT2D eigenvalue weighted by molar-refractivity contribution is 6.31. The van der Waals surface area contributed by atoms with Crippen LogP contribution >= 0.6 is 11.6 Å². The molecule has 1 N–H and O–H groups in total. The van der Waals surface area contributed by atoms with Crippen molar-refractivity contribution in [2.45, 2.75) is 0 Å². The molecule has 0 saturated carbocycles. The summed E-state index contributed by atoms with van der Waals surface area (Å²) in [5, 5.41) is 3.84. The van der Waals surface area contributed by atoms with Crippen LogP contribution in [0.15, 0.2) is 52.9 Å². The second-order valence-corrected chi connectivity index (χ2v) is 5.95. The molecule has 2 amide bonds. The molecule has 2 aromatic carbocycles. The average molecular weight is 361 g/mol. The molecule has 0 unspecified atom stereocenters. The summed E-state index contributed by atoms with van der Waals surface area (Å²) in [6.07, 6.45) is 0. The van der Waals surface area contributed by atoms with Crippen LogP contribution in [0.5, 0.6) is 0 Å². The maximum Gasteiger partial charge on any atom is 0.289 e. The zero-order valence-electron chi connectivity index (χ0n) is 13.3. The van der Waals surface area contributed by atoms with E-state index in [0.717, 1.165) is 0 Å². The molecule has 1 heterocycles. The highest BCUT2D eigenvalue weighted by Crippen LogP contribution is 2.23. The fourth-order valence-electron chi connectivity index (χ4n) is 2.33. The van der Waals surface area contributed by atoms with E-state index < -0.39 is 17.6 Å². The lowest BCUT2D eigenvalue weighted by Gasteiger charge is -2.15. The Kier molecular flexibility index (Phi) is 4.72. The van der Waals surface area contributed by atoms with E-state index in [9.17, 15) is 14.0 Å². The number of furan rings is 1. The van der Waals surface area contributed by atoms with Gasteiger partial charge in [-0.15, -0.1) is 0 Å². The number of benzene rings is 2. The van der Waals surface area contributed by atoms with Crippen molar-refractivity contribution in [3.05, 3.63) is 65.1 Å². The Morgan fingerprint density at radius 1 is 1.16 bits per heavy atom. The van der Waals surface area contributed by atoms with Crippen molar-refractivity contribution in [2.75, 3.05) is 18.9 Å². The monoisotopic (exact) mass is 360 g/mol. The molecule has 0 aliphatic carbocycles. The fourth-order valence-corrected chi connectivity index (χ4v) is 2.51. The summed E-state index contributed by atoms with van der Waals surface area (Å²) in [7, 11) is 1.49. The van der Waals surface area contributed by atoms with E-state index in [1.165, 1.54) is 36.2 Å². The summed E-state index contributed by atoms with van der Waals surface area (Å²) in [4.78, 5) is 25.6. The number of likely N-dealkylation sites (N-methyl/N-ethyl adjacent to an activating group) is 1. The Bertz CT molecular complexity index is 937. The second-order valence-electron chi connectivity index (χ2n) is 5.51. The van der Waals surface area contributed by atoms with Gasteiger partial charge < -0.3 is 14.6 Å². The number of carbonyl (C=O) groups excluding carboxylic acids is 2. The number of amides is 2. The first kappa shape index (κ1) is 17.0. The molecule has 5 nitrogen and oxygen atoms in total. The lowest BCUT2D eigenvalue weighted by Crippen LogP contribution is -2.34. The van der Waals surface area contributed by atoms with Crippen molar-refractivity contribution < 1.29 is 18.4 Å². The van der Waals surface area contributed by atoms with Crippen LogP contribution in [-0.2, 0) is 4.79 Å². The highest BCUT2D eigenvalue weighted by Gasteiger charge is 2.19. The number of fused-ring (bicyclic) bond motifs is 1. The fraction of sp³-hybridized carbons (Fsp3) is 0.111. The third-order valence-corrected chi connectivity index (χ3v) is 3.78. The van der Waals surface area contributed by atoms with E-state index in [1.54, 1.807) is 24.3 Å². The first-order valence-electron chi connectivity index (χ1n) is 7.42. The van der Waals surface area contributed by atoms with Crippen LogP contribution in [0.2, 0.25) is 5.02 Å². The predicted octanol–water partition coefficient (Wildman–Crippen LogP) is 3.94. The van der Waals surface area contributed by atoms with E-state index >= 15 is 0 Å². The van der Waals surface area contributed by atoms with Crippen molar-refractivity contribution in [2.24, 2.45) is 0 Å². The number of carbonyl (C=O) groups is 2. The second kappa shape index (κ2) is 6.94. The third kappa shape index (κ3) is 3.97. The van der Waals surface area contributed by atoms with Gasteiger partial charge >= 0.3 is 0 Å². The van der Waals surface area contributed by atoms with Crippen LogP contribution in [0.1, 0.15) is 10.6 Å². The topological polar surface area (TPSA) is 62.6 Å². The molecule has 0 radical (unpaired) electrons. The number of nitrogens with zero attached hydrogens (tertiary/aromatic N) is 1. The minimum absolute atomic E-state index is 0.120. The SMILES string of the molecule is CN(CC(=O)Nc1ccc(F)cc1)C(=O)c1cc2cc(Cl)ccc2o1. The predicted molar refractivity (Wildman–Crippen MR) is 93.2 cm³/mol. The van der Waals surface area contributed by atoms with Crippen LogP contribution in [0.3, 0.4) is 0 Å². The van der Waals surface area contributed by atoms with Gasteiger partial charge in [0.05, 0.1) is 6.54 Å². The number of nitrogens with one attached hydrogen (secondary N) is 1. The summed E-state index contributed by atoms with van der Waals surface area (Å²) < 4.78 is 18.4. The van der Waals surface area contributed by atoms with E-state index in [-0.39, 0.29) is 12.3 Å². The first-order valence-corrected chi connectivity index (χ1v) is 7.80. The molecule has 0 aliphatic rings. The summed E-state index contributed by atoms with van der Waals surface area (Å²) in [5.74, 6) is -1.10. The van der Waals surface area contributed by atoms with E-state index in [2.05, 4.69) is 5.32 Å². The minimum atomic E-state index is -0.429. The Morgan fingerprint density at radius 3 is 2.60 bits per heavy atom. The van der Waals surface area contributed by atoms with Crippen molar-refractivity contribution in [3.63, 3.8) is 0 Å². The standard InChI is InChI=1S/C18H14ClFN2O3/c1-22(10-17(23)21-14-5-3-13(20)4-6-14)18(24)16-9-11-8-12(19)2-7-15(11)25-16/h2-9H,10H2,1H3,(H,21,23). The van der Waals surface area contributed by atoms with Gasteiger partial charge in [-0.05, 0) is 48.5 Å². The summed E-state index contributed by atoms with van der Waals surface area (Å²) >= 11 is 5.91. The van der Waals surface area contributed by atoms with E-state index in [1.807, 2.05) is 0 Å². The molecule has 0 aliphatic heterocycles. The molecule has 0 saturated heterocycles. The summed E-state index contributed by atoms with van der Waals surface area (Å²) in [6.45, 7) is -0.173. The molecular formula is C18H14ClFN2O3. The molecule has 0 atom stereocenters. The average Bonchev–Trinajstić information content (AvgIpc) is 2.99. The molecule has 0 spiro atoms. The molecular weight excluding hydrogens is 347 g/mol. The lowest BCUT2D eigenvalue weighted by molar-refractivity contribution is -0.116. The molecule has 3 rings (SSSR count). The maximum absolute atomic E-state index is 12.9. The number of hydrogen-bond donors (Lipinski definition) is 1. The zero-order chi connectivity index (χ0) is 18.0. The number of hydrogen-bond acceptors (Lipinski definition) is 3.